The summed E-state index contributed by atoms with van der Waals surface area (Å²) in [5.74, 6) is 1.85. The summed E-state index contributed by atoms with van der Waals surface area (Å²) in [4.78, 5) is 13.5. The van der Waals surface area contributed by atoms with Gasteiger partial charge in [0.2, 0.25) is 10.7 Å². The van der Waals surface area contributed by atoms with E-state index in [4.69, 9.17) is 14.2 Å². The van der Waals surface area contributed by atoms with Gasteiger partial charge in [-0.15, -0.1) is 10.2 Å². The summed E-state index contributed by atoms with van der Waals surface area (Å²) in [6, 6.07) is 13.2. The molecule has 4 aromatic rings. The summed E-state index contributed by atoms with van der Waals surface area (Å²) in [6.45, 7) is 0. The topological polar surface area (TPSA) is 75.0 Å². The van der Waals surface area contributed by atoms with Gasteiger partial charge in [-0.2, -0.15) is 0 Å². The van der Waals surface area contributed by atoms with Crippen molar-refractivity contribution >= 4 is 22.4 Å². The number of thiazole rings is 1. The van der Waals surface area contributed by atoms with Crippen LogP contribution in [0.2, 0.25) is 0 Å². The summed E-state index contributed by atoms with van der Waals surface area (Å²) in [7, 11) is 4.61. The maximum absolute atomic E-state index is 13.0. The molecule has 0 atom stereocenters. The zero-order valence-corrected chi connectivity index (χ0v) is 16.3. The van der Waals surface area contributed by atoms with E-state index in [1.807, 2.05) is 36.4 Å². The van der Waals surface area contributed by atoms with Crippen LogP contribution in [0.1, 0.15) is 5.56 Å². The third kappa shape index (κ3) is 2.97. The van der Waals surface area contributed by atoms with Crippen molar-refractivity contribution in [1.29, 1.82) is 0 Å². The number of methoxy groups -OCH3 is 3. The van der Waals surface area contributed by atoms with E-state index in [9.17, 15) is 4.79 Å². The first-order valence-electron chi connectivity index (χ1n) is 8.41. The molecule has 0 fully saturated rings. The van der Waals surface area contributed by atoms with Gasteiger partial charge >= 0.3 is 0 Å². The first-order valence-corrected chi connectivity index (χ1v) is 9.23. The van der Waals surface area contributed by atoms with Crippen LogP contribution in [0.25, 0.3) is 22.4 Å². The first-order chi connectivity index (χ1) is 13.7. The Morgan fingerprint density at radius 2 is 1.64 bits per heavy atom. The Balaban J connectivity index is 1.92. The molecule has 0 N–H and O–H groups in total. The Kier molecular flexibility index (Phi) is 4.70. The van der Waals surface area contributed by atoms with Gasteiger partial charge in [-0.3, -0.25) is 4.79 Å². The minimum absolute atomic E-state index is 0.169. The maximum Gasteiger partial charge on any atom is 0.276 e. The Morgan fingerprint density at radius 1 is 0.964 bits per heavy atom. The van der Waals surface area contributed by atoms with Gasteiger partial charge in [-0.05, 0) is 23.8 Å². The van der Waals surface area contributed by atoms with Gasteiger partial charge in [0.1, 0.15) is 0 Å². The second-order valence-corrected chi connectivity index (χ2v) is 6.89. The van der Waals surface area contributed by atoms with Crippen LogP contribution in [0.3, 0.4) is 0 Å². The third-order valence-corrected chi connectivity index (χ3v) is 5.23. The second kappa shape index (κ2) is 7.32. The molecular formula is C20H17N3O4S. The quantitative estimate of drug-likeness (QED) is 0.517. The van der Waals surface area contributed by atoms with Crippen LogP contribution in [-0.4, -0.2) is 35.9 Å². The van der Waals surface area contributed by atoms with Crippen LogP contribution >= 0.6 is 11.3 Å². The Bertz CT molecular complexity index is 1220. The zero-order chi connectivity index (χ0) is 19.7. The lowest BCUT2D eigenvalue weighted by atomic mass is 10.1. The van der Waals surface area contributed by atoms with Crippen molar-refractivity contribution in [2.75, 3.05) is 21.3 Å². The molecule has 2 aromatic heterocycles. The Labute approximate surface area is 164 Å². The number of hydrogen-bond acceptors (Lipinski definition) is 7. The fourth-order valence-electron chi connectivity index (χ4n) is 2.96. The molecule has 0 aliphatic rings. The highest BCUT2D eigenvalue weighted by atomic mass is 32.1. The molecule has 0 amide bonds. The number of fused-ring (bicyclic) bond motifs is 1. The van der Waals surface area contributed by atoms with Crippen LogP contribution in [0, 0.1) is 0 Å². The summed E-state index contributed by atoms with van der Waals surface area (Å²) >= 11 is 1.30. The van der Waals surface area contributed by atoms with Crippen molar-refractivity contribution < 1.29 is 14.2 Å². The molecule has 4 rings (SSSR count). The molecule has 0 aliphatic carbocycles. The van der Waals surface area contributed by atoms with E-state index >= 15 is 0 Å². The van der Waals surface area contributed by atoms with Gasteiger partial charge in [0.15, 0.2) is 17.3 Å². The first kappa shape index (κ1) is 18.0. The minimum atomic E-state index is -0.169. The lowest BCUT2D eigenvalue weighted by Gasteiger charge is -2.13. The van der Waals surface area contributed by atoms with Gasteiger partial charge in [0, 0.05) is 5.56 Å². The van der Waals surface area contributed by atoms with E-state index in [0.29, 0.717) is 38.1 Å². The highest BCUT2D eigenvalue weighted by Crippen LogP contribution is 2.40. The van der Waals surface area contributed by atoms with E-state index in [1.54, 1.807) is 12.1 Å². The molecule has 142 valence electrons. The van der Waals surface area contributed by atoms with Crippen molar-refractivity contribution in [2.24, 2.45) is 0 Å². The van der Waals surface area contributed by atoms with Gasteiger partial charge in [-0.25, -0.2) is 4.40 Å². The highest BCUT2D eigenvalue weighted by Gasteiger charge is 2.19. The molecule has 0 saturated carbocycles. The van der Waals surface area contributed by atoms with Crippen LogP contribution in [0.5, 0.6) is 17.2 Å². The summed E-state index contributed by atoms with van der Waals surface area (Å²) < 4.78 is 18.2. The molecule has 0 unspecified atom stereocenters. The molecule has 28 heavy (non-hydrogen) atoms. The number of aromatic nitrogens is 3. The van der Waals surface area contributed by atoms with Gasteiger partial charge < -0.3 is 14.2 Å². The number of rotatable bonds is 5. The fourth-order valence-corrected chi connectivity index (χ4v) is 3.87. The monoisotopic (exact) mass is 395 g/mol. The highest BCUT2D eigenvalue weighted by molar-refractivity contribution is 7.15. The van der Waals surface area contributed by atoms with E-state index in [2.05, 4.69) is 10.2 Å². The molecule has 0 saturated heterocycles. The fraction of sp³-hybridized carbons (Fsp3) is 0.150. The lowest BCUT2D eigenvalue weighted by molar-refractivity contribution is 0.324. The second-order valence-electron chi connectivity index (χ2n) is 5.88. The van der Waals surface area contributed by atoms with Crippen LogP contribution in [-0.2, 0) is 0 Å². The number of benzene rings is 2. The molecule has 8 heteroatoms. The lowest BCUT2D eigenvalue weighted by Crippen LogP contribution is -2.23. The summed E-state index contributed by atoms with van der Waals surface area (Å²) in [5.41, 5.74) is 1.42. The van der Waals surface area contributed by atoms with Crippen LogP contribution in [0.4, 0.5) is 0 Å². The summed E-state index contributed by atoms with van der Waals surface area (Å²) in [5, 5.41) is 8.37. The van der Waals surface area contributed by atoms with E-state index in [-0.39, 0.29) is 5.56 Å². The van der Waals surface area contributed by atoms with Crippen molar-refractivity contribution in [1.82, 2.24) is 14.6 Å². The predicted octanol–water partition coefficient (Wildman–Crippen LogP) is 2.39. The normalized spacial score (nSPS) is 11.8. The molecule has 0 aliphatic heterocycles. The number of nitrogens with zero attached hydrogens (tertiary/aromatic N) is 3. The van der Waals surface area contributed by atoms with Crippen molar-refractivity contribution in [3.8, 4) is 28.6 Å². The van der Waals surface area contributed by atoms with Gasteiger partial charge in [-0.1, -0.05) is 41.7 Å². The van der Waals surface area contributed by atoms with E-state index in [0.717, 1.165) is 5.56 Å². The Hall–Kier alpha value is -3.39. The molecule has 0 bridgehead atoms. The minimum Gasteiger partial charge on any atom is -0.493 e. The van der Waals surface area contributed by atoms with Gasteiger partial charge in [0.05, 0.1) is 25.9 Å². The number of ether oxygens (including phenoxy) is 3. The molecule has 2 aromatic carbocycles. The zero-order valence-electron chi connectivity index (χ0n) is 15.5. The smallest absolute Gasteiger partial charge is 0.276 e. The van der Waals surface area contributed by atoms with E-state index in [1.165, 1.54) is 37.1 Å². The van der Waals surface area contributed by atoms with Crippen molar-refractivity contribution in [3.63, 3.8) is 0 Å². The van der Waals surface area contributed by atoms with Crippen molar-refractivity contribution in [3.05, 3.63) is 62.9 Å². The van der Waals surface area contributed by atoms with Crippen LogP contribution in [0.15, 0.2) is 47.3 Å². The predicted molar refractivity (Wildman–Crippen MR) is 107 cm³/mol. The van der Waals surface area contributed by atoms with E-state index < -0.39 is 0 Å². The van der Waals surface area contributed by atoms with Gasteiger partial charge in [0.25, 0.3) is 5.56 Å². The standard InChI is InChI=1S/C20H17N3O4S/c1-25-14-10-13(11-15(26-2)17(14)27-3)18-21-22-20-23(18)19(24)16(28-20)9-12-7-5-4-6-8-12/h4-11H,1-3H3/b16-9-. The average molecular weight is 395 g/mol. The molecular weight excluding hydrogens is 378 g/mol. The largest absolute Gasteiger partial charge is 0.493 e. The third-order valence-electron chi connectivity index (χ3n) is 4.27. The number of hydrogen-bond donors (Lipinski definition) is 0. The van der Waals surface area contributed by atoms with Crippen LogP contribution < -0.4 is 24.3 Å². The van der Waals surface area contributed by atoms with Crippen molar-refractivity contribution in [2.45, 2.75) is 0 Å². The maximum atomic E-state index is 13.0. The average Bonchev–Trinajstić information content (AvgIpc) is 3.28. The SMILES string of the molecule is COc1cc(-c2nnc3s/c(=C\c4ccccc4)c(=O)n23)cc(OC)c1OC. The molecule has 0 spiro atoms. The summed E-state index contributed by atoms with van der Waals surface area (Å²) in [6.07, 6.45) is 1.85. The Morgan fingerprint density at radius 3 is 2.25 bits per heavy atom. The molecule has 2 heterocycles. The molecule has 0 radical (unpaired) electrons. The molecule has 7 nitrogen and oxygen atoms in total.